The Hall–Kier alpha value is -2.36. The molecule has 9 heteroatoms. The van der Waals surface area contributed by atoms with Crippen LogP contribution in [0.2, 0.25) is 0 Å². The summed E-state index contributed by atoms with van der Waals surface area (Å²) in [6.45, 7) is 0.356. The van der Waals surface area contributed by atoms with Crippen molar-refractivity contribution in [3.8, 4) is 5.75 Å². The van der Waals surface area contributed by atoms with E-state index in [4.69, 9.17) is 0 Å². The molecule has 0 radical (unpaired) electrons. The largest absolute Gasteiger partial charge is 0.507 e. The van der Waals surface area contributed by atoms with Crippen LogP contribution in [0.3, 0.4) is 0 Å². The van der Waals surface area contributed by atoms with Gasteiger partial charge in [-0.1, -0.05) is 6.07 Å². The van der Waals surface area contributed by atoms with E-state index < -0.39 is 15.9 Å². The molecule has 0 atom stereocenters. The Kier molecular flexibility index (Phi) is 5.07. The Morgan fingerprint density at radius 2 is 2.00 bits per heavy atom. The number of carbonyl (C=O) groups excluding carboxylic acids is 1. The van der Waals surface area contributed by atoms with E-state index in [0.29, 0.717) is 6.54 Å². The van der Waals surface area contributed by atoms with Crippen molar-refractivity contribution in [2.75, 3.05) is 4.72 Å². The lowest BCUT2D eigenvalue weighted by molar-refractivity contribution is 0.0948. The minimum Gasteiger partial charge on any atom is -0.507 e. The van der Waals surface area contributed by atoms with Crippen LogP contribution in [0.5, 0.6) is 5.75 Å². The Bertz CT molecular complexity index is 965. The van der Waals surface area contributed by atoms with E-state index in [1.807, 2.05) is 16.8 Å². The van der Waals surface area contributed by atoms with Crippen molar-refractivity contribution < 1.29 is 18.3 Å². The van der Waals surface area contributed by atoms with Crippen molar-refractivity contribution >= 4 is 44.3 Å². The second kappa shape index (κ2) is 7.26. The summed E-state index contributed by atoms with van der Waals surface area (Å²) >= 11 is 2.62. The fourth-order valence-electron chi connectivity index (χ4n) is 2.08. The predicted molar refractivity (Wildman–Crippen MR) is 98.7 cm³/mol. The molecule has 0 spiro atoms. The third-order valence-electron chi connectivity index (χ3n) is 3.29. The van der Waals surface area contributed by atoms with Crippen molar-refractivity contribution in [1.29, 1.82) is 0 Å². The number of sulfonamides is 1. The van der Waals surface area contributed by atoms with Gasteiger partial charge in [-0.15, -0.1) is 11.3 Å². The summed E-state index contributed by atoms with van der Waals surface area (Å²) in [7, 11) is -3.70. The Balaban J connectivity index is 1.71. The quantitative estimate of drug-likeness (QED) is 0.598. The molecule has 1 aromatic carbocycles. The number of carbonyl (C=O) groups is 1. The van der Waals surface area contributed by atoms with Crippen LogP contribution < -0.4 is 10.0 Å². The number of benzene rings is 1. The van der Waals surface area contributed by atoms with Crippen LogP contribution in [0.15, 0.2) is 56.7 Å². The van der Waals surface area contributed by atoms with E-state index in [0.717, 1.165) is 16.9 Å². The van der Waals surface area contributed by atoms with Gasteiger partial charge < -0.3 is 10.4 Å². The molecule has 0 saturated heterocycles. The smallest absolute Gasteiger partial charge is 0.271 e. The lowest BCUT2D eigenvalue weighted by Gasteiger charge is -2.10. The lowest BCUT2D eigenvalue weighted by atomic mass is 10.1. The molecule has 3 rings (SSSR count). The fraction of sp³-hybridized carbons (Fsp3) is 0.0625. The third kappa shape index (κ3) is 4.19. The predicted octanol–water partition coefficient (Wildman–Crippen LogP) is 3.25. The van der Waals surface area contributed by atoms with E-state index in [1.165, 1.54) is 35.6 Å². The monoisotopic (exact) mass is 394 g/mol. The van der Waals surface area contributed by atoms with E-state index >= 15 is 0 Å². The van der Waals surface area contributed by atoms with Crippen molar-refractivity contribution in [2.24, 2.45) is 0 Å². The average molecular weight is 394 g/mol. The highest BCUT2D eigenvalue weighted by atomic mass is 32.2. The second-order valence-corrected chi connectivity index (χ2v) is 8.72. The van der Waals surface area contributed by atoms with Gasteiger partial charge in [-0.05, 0) is 46.0 Å². The summed E-state index contributed by atoms with van der Waals surface area (Å²) in [4.78, 5) is 12.1. The lowest BCUT2D eigenvalue weighted by Crippen LogP contribution is -2.22. The van der Waals surface area contributed by atoms with Gasteiger partial charge >= 0.3 is 0 Å². The van der Waals surface area contributed by atoms with Crippen molar-refractivity contribution in [3.05, 3.63) is 63.7 Å². The minimum atomic E-state index is -3.70. The zero-order valence-electron chi connectivity index (χ0n) is 12.8. The van der Waals surface area contributed by atoms with Gasteiger partial charge in [-0.2, -0.15) is 11.3 Å². The highest BCUT2D eigenvalue weighted by Crippen LogP contribution is 2.25. The van der Waals surface area contributed by atoms with Crippen LogP contribution in [0.25, 0.3) is 0 Å². The van der Waals surface area contributed by atoms with E-state index in [9.17, 15) is 18.3 Å². The number of phenols is 1. The van der Waals surface area contributed by atoms with Crippen LogP contribution >= 0.6 is 22.7 Å². The molecule has 2 aromatic heterocycles. The zero-order valence-corrected chi connectivity index (χ0v) is 15.2. The first-order valence-electron chi connectivity index (χ1n) is 7.14. The summed E-state index contributed by atoms with van der Waals surface area (Å²) in [6, 6.07) is 9.05. The molecule has 2 heterocycles. The molecule has 6 nitrogen and oxygen atoms in total. The zero-order chi connectivity index (χ0) is 17.9. The van der Waals surface area contributed by atoms with E-state index in [-0.39, 0.29) is 21.2 Å². The van der Waals surface area contributed by atoms with Crippen LogP contribution in [0.4, 0.5) is 5.69 Å². The van der Waals surface area contributed by atoms with Gasteiger partial charge in [-0.3, -0.25) is 9.52 Å². The van der Waals surface area contributed by atoms with E-state index in [1.54, 1.807) is 11.4 Å². The Morgan fingerprint density at radius 1 is 1.16 bits per heavy atom. The summed E-state index contributed by atoms with van der Waals surface area (Å²) in [5.41, 5.74) is 1.23. The summed E-state index contributed by atoms with van der Waals surface area (Å²) < 4.78 is 26.9. The number of hydrogen-bond acceptors (Lipinski definition) is 6. The molecule has 0 bridgehead atoms. The maximum atomic E-state index is 12.2. The molecule has 0 aliphatic carbocycles. The molecule has 0 saturated carbocycles. The van der Waals surface area contributed by atoms with Crippen molar-refractivity contribution in [1.82, 2.24) is 5.32 Å². The van der Waals surface area contributed by atoms with Gasteiger partial charge in [0.2, 0.25) is 0 Å². The molecule has 1 amide bonds. The third-order valence-corrected chi connectivity index (χ3v) is 6.80. The highest BCUT2D eigenvalue weighted by Gasteiger charge is 2.17. The Morgan fingerprint density at radius 3 is 2.64 bits per heavy atom. The molecule has 130 valence electrons. The number of rotatable bonds is 6. The van der Waals surface area contributed by atoms with Gasteiger partial charge in [0, 0.05) is 12.6 Å². The maximum Gasteiger partial charge on any atom is 0.271 e. The first kappa shape index (κ1) is 17.5. The average Bonchev–Trinajstić information content (AvgIpc) is 3.26. The number of amides is 1. The second-order valence-electron chi connectivity index (χ2n) is 5.08. The minimum absolute atomic E-state index is 0.0781. The molecule has 0 aliphatic rings. The van der Waals surface area contributed by atoms with Gasteiger partial charge in [0.1, 0.15) is 9.96 Å². The first-order chi connectivity index (χ1) is 12.0. The molecule has 0 unspecified atom stereocenters. The van der Waals surface area contributed by atoms with Crippen molar-refractivity contribution in [3.63, 3.8) is 0 Å². The van der Waals surface area contributed by atoms with Crippen LogP contribution in [0.1, 0.15) is 15.9 Å². The summed E-state index contributed by atoms with van der Waals surface area (Å²) in [5, 5.41) is 18.2. The summed E-state index contributed by atoms with van der Waals surface area (Å²) in [6.07, 6.45) is 0. The standard InChI is InChI=1S/C16H14N2O4S3/c19-14-8-12(18-25(21,22)15-2-1-6-24-15)3-4-13(14)16(20)17-9-11-5-7-23-10-11/h1-8,10,18-19H,9H2,(H,17,20). The topological polar surface area (TPSA) is 95.5 Å². The van der Waals surface area contributed by atoms with Crippen molar-refractivity contribution in [2.45, 2.75) is 10.8 Å². The molecule has 25 heavy (non-hydrogen) atoms. The molecule has 0 fully saturated rings. The van der Waals surface area contributed by atoms with Gasteiger partial charge in [0.25, 0.3) is 15.9 Å². The Labute approximate surface area is 152 Å². The molecule has 3 N–H and O–H groups in total. The normalized spacial score (nSPS) is 11.2. The number of anilines is 1. The number of hydrogen-bond donors (Lipinski definition) is 3. The SMILES string of the molecule is O=C(NCc1ccsc1)c1ccc(NS(=O)(=O)c2cccs2)cc1O. The van der Waals surface area contributed by atoms with E-state index in [2.05, 4.69) is 10.0 Å². The number of phenolic OH excluding ortho intramolecular Hbond substituents is 1. The van der Waals surface area contributed by atoms with Crippen LogP contribution in [0, 0.1) is 0 Å². The molecule has 3 aromatic rings. The summed E-state index contributed by atoms with van der Waals surface area (Å²) in [5.74, 6) is -0.731. The number of nitrogens with one attached hydrogen (secondary N) is 2. The molecular weight excluding hydrogens is 380 g/mol. The maximum absolute atomic E-state index is 12.2. The fourth-order valence-corrected chi connectivity index (χ4v) is 4.79. The molecule has 0 aliphatic heterocycles. The first-order valence-corrected chi connectivity index (χ1v) is 10.4. The van der Waals surface area contributed by atoms with Gasteiger partial charge in [0.15, 0.2) is 0 Å². The highest BCUT2D eigenvalue weighted by molar-refractivity contribution is 7.94. The van der Waals surface area contributed by atoms with Gasteiger partial charge in [-0.25, -0.2) is 8.42 Å². The molecular formula is C16H14N2O4S3. The van der Waals surface area contributed by atoms with Crippen LogP contribution in [-0.2, 0) is 16.6 Å². The van der Waals surface area contributed by atoms with Gasteiger partial charge in [0.05, 0.1) is 11.3 Å². The number of aromatic hydroxyl groups is 1. The van der Waals surface area contributed by atoms with Crippen LogP contribution in [-0.4, -0.2) is 19.4 Å². The number of thiophene rings is 2.